The van der Waals surface area contributed by atoms with E-state index in [0.717, 1.165) is 21.0 Å². The summed E-state index contributed by atoms with van der Waals surface area (Å²) < 4.78 is 41.0. The normalized spacial score (nSPS) is 16.6. The molecular formula is C25H28N2O6S2. The molecule has 3 aromatic rings. The number of nitrogens with zero attached hydrogens (tertiary/aromatic N) is 2. The number of aromatic nitrogens is 1. The average Bonchev–Trinajstić information content (AvgIpc) is 3.43. The summed E-state index contributed by atoms with van der Waals surface area (Å²) >= 11 is 1.45. The molecule has 0 bridgehead atoms. The Balaban J connectivity index is 1.77. The van der Waals surface area contributed by atoms with E-state index in [0.29, 0.717) is 29.4 Å². The van der Waals surface area contributed by atoms with Crippen LogP contribution in [-0.2, 0) is 16.4 Å². The van der Waals surface area contributed by atoms with Crippen LogP contribution in [0.2, 0.25) is 0 Å². The van der Waals surface area contributed by atoms with Gasteiger partial charge in [-0.2, -0.15) is 0 Å². The van der Waals surface area contributed by atoms with E-state index in [1.165, 1.54) is 32.7 Å². The van der Waals surface area contributed by atoms with Crippen LogP contribution in [-0.4, -0.2) is 63.1 Å². The minimum atomic E-state index is -3.22. The molecule has 1 aromatic heterocycles. The van der Waals surface area contributed by atoms with Crippen molar-refractivity contribution in [3.8, 4) is 27.7 Å². The number of carbonyl (C=O) groups excluding carboxylic acids is 1. The first-order valence-electron chi connectivity index (χ1n) is 11.1. The quantitative estimate of drug-likeness (QED) is 0.447. The number of hydrogen-bond donors (Lipinski definition) is 0. The van der Waals surface area contributed by atoms with Gasteiger partial charge in [-0.3, -0.25) is 4.79 Å². The zero-order chi connectivity index (χ0) is 25.2. The van der Waals surface area contributed by atoms with Crippen LogP contribution in [0, 0.1) is 6.92 Å². The van der Waals surface area contributed by atoms with Crippen LogP contribution < -0.4 is 14.2 Å². The summed E-state index contributed by atoms with van der Waals surface area (Å²) in [5, 5.41) is 0.763. The van der Waals surface area contributed by atoms with Gasteiger partial charge in [0.25, 0.3) is 5.91 Å². The Morgan fingerprint density at radius 1 is 1.09 bits per heavy atom. The van der Waals surface area contributed by atoms with Gasteiger partial charge in [0.2, 0.25) is 5.75 Å². The molecule has 1 saturated heterocycles. The third kappa shape index (κ3) is 5.28. The highest BCUT2D eigenvalue weighted by atomic mass is 32.2. The van der Waals surface area contributed by atoms with Gasteiger partial charge in [0.05, 0.1) is 42.7 Å². The van der Waals surface area contributed by atoms with Crippen LogP contribution >= 0.6 is 11.3 Å². The van der Waals surface area contributed by atoms with E-state index in [1.54, 1.807) is 17.0 Å². The number of benzene rings is 2. The average molecular weight is 517 g/mol. The van der Waals surface area contributed by atoms with E-state index >= 15 is 0 Å². The number of aryl methyl sites for hydroxylation is 1. The molecule has 0 aliphatic carbocycles. The van der Waals surface area contributed by atoms with Gasteiger partial charge in [0.15, 0.2) is 21.3 Å². The topological polar surface area (TPSA) is 95.0 Å². The Hall–Kier alpha value is -3.11. The molecule has 4 rings (SSSR count). The molecular weight excluding hydrogens is 488 g/mol. The molecule has 186 valence electrons. The molecule has 8 nitrogen and oxygen atoms in total. The zero-order valence-electron chi connectivity index (χ0n) is 20.1. The summed E-state index contributed by atoms with van der Waals surface area (Å²) in [5.74, 6) is 1.04. The van der Waals surface area contributed by atoms with Gasteiger partial charge >= 0.3 is 0 Å². The van der Waals surface area contributed by atoms with Crippen molar-refractivity contribution in [2.24, 2.45) is 0 Å². The molecule has 0 saturated carbocycles. The maximum Gasteiger partial charge on any atom is 0.274 e. The number of amides is 1. The minimum absolute atomic E-state index is 0.0539. The molecule has 0 radical (unpaired) electrons. The number of ether oxygens (including phenoxy) is 3. The van der Waals surface area contributed by atoms with Crippen molar-refractivity contribution >= 4 is 27.1 Å². The fourth-order valence-electron chi connectivity index (χ4n) is 4.30. The molecule has 0 spiro atoms. The van der Waals surface area contributed by atoms with Crippen LogP contribution in [0.3, 0.4) is 0 Å². The van der Waals surface area contributed by atoms with Crippen LogP contribution in [0.5, 0.6) is 17.2 Å². The van der Waals surface area contributed by atoms with Crippen molar-refractivity contribution < 1.29 is 27.4 Å². The standard InChI is InChI=1S/C25H28N2O6S2/c1-16-26-22(24(34-16)18-8-6-5-7-9-18)25(28)27(19-10-11-35(29,30)15-19)14-17-12-20(31-2)23(33-4)21(13-17)32-3/h5-9,12-13,19H,10-11,14-15H2,1-4H3. The van der Waals surface area contributed by atoms with Gasteiger partial charge in [-0.25, -0.2) is 13.4 Å². The first-order chi connectivity index (χ1) is 16.8. The first kappa shape index (κ1) is 25.0. The number of methoxy groups -OCH3 is 3. The van der Waals surface area contributed by atoms with E-state index in [1.807, 2.05) is 37.3 Å². The molecule has 10 heteroatoms. The monoisotopic (exact) mass is 516 g/mol. The van der Waals surface area contributed by atoms with Crippen molar-refractivity contribution in [2.75, 3.05) is 32.8 Å². The molecule has 2 aromatic carbocycles. The van der Waals surface area contributed by atoms with Crippen molar-refractivity contribution in [2.45, 2.75) is 25.9 Å². The zero-order valence-corrected chi connectivity index (χ0v) is 21.7. The maximum absolute atomic E-state index is 14.0. The summed E-state index contributed by atoms with van der Waals surface area (Å²) in [4.78, 5) is 20.9. The van der Waals surface area contributed by atoms with Gasteiger partial charge in [0.1, 0.15) is 5.69 Å². The third-order valence-electron chi connectivity index (χ3n) is 5.96. The van der Waals surface area contributed by atoms with Gasteiger partial charge in [-0.15, -0.1) is 11.3 Å². The molecule has 1 fully saturated rings. The van der Waals surface area contributed by atoms with Crippen LogP contribution in [0.25, 0.3) is 10.4 Å². The second-order valence-electron chi connectivity index (χ2n) is 8.30. The lowest BCUT2D eigenvalue weighted by Crippen LogP contribution is -2.41. The van der Waals surface area contributed by atoms with Gasteiger partial charge in [0, 0.05) is 12.6 Å². The maximum atomic E-state index is 14.0. The molecule has 1 aliphatic heterocycles. The number of thiazole rings is 1. The Morgan fingerprint density at radius 3 is 2.29 bits per heavy atom. The molecule has 0 N–H and O–H groups in total. The van der Waals surface area contributed by atoms with E-state index in [-0.39, 0.29) is 24.0 Å². The van der Waals surface area contributed by atoms with Crippen molar-refractivity contribution in [3.05, 3.63) is 58.7 Å². The fraction of sp³-hybridized carbons (Fsp3) is 0.360. The van der Waals surface area contributed by atoms with Gasteiger partial charge < -0.3 is 19.1 Å². The van der Waals surface area contributed by atoms with Crippen molar-refractivity contribution in [3.63, 3.8) is 0 Å². The van der Waals surface area contributed by atoms with E-state index in [4.69, 9.17) is 14.2 Å². The van der Waals surface area contributed by atoms with Gasteiger partial charge in [-0.05, 0) is 36.6 Å². The largest absolute Gasteiger partial charge is 0.493 e. The van der Waals surface area contributed by atoms with Crippen molar-refractivity contribution in [1.82, 2.24) is 9.88 Å². The summed E-state index contributed by atoms with van der Waals surface area (Å²) in [7, 11) is 1.35. The SMILES string of the molecule is COc1cc(CN(C(=O)c2nc(C)sc2-c2ccccc2)C2CCS(=O)(=O)C2)cc(OC)c1OC. The lowest BCUT2D eigenvalue weighted by atomic mass is 10.1. The predicted octanol–water partition coefficient (Wildman–Crippen LogP) is 3.97. The number of rotatable bonds is 8. The highest BCUT2D eigenvalue weighted by Gasteiger charge is 2.37. The van der Waals surface area contributed by atoms with Crippen LogP contribution in [0.4, 0.5) is 0 Å². The van der Waals surface area contributed by atoms with Crippen LogP contribution in [0.1, 0.15) is 27.5 Å². The lowest BCUT2D eigenvalue weighted by molar-refractivity contribution is 0.0676. The summed E-state index contributed by atoms with van der Waals surface area (Å²) in [6, 6.07) is 12.7. The third-order valence-corrected chi connectivity index (χ3v) is 8.73. The van der Waals surface area contributed by atoms with Crippen molar-refractivity contribution in [1.29, 1.82) is 0 Å². The molecule has 35 heavy (non-hydrogen) atoms. The summed E-state index contributed by atoms with van der Waals surface area (Å²) in [5.41, 5.74) is 1.95. The Morgan fingerprint density at radius 2 is 1.74 bits per heavy atom. The predicted molar refractivity (Wildman–Crippen MR) is 135 cm³/mol. The molecule has 1 unspecified atom stereocenters. The second-order valence-corrected chi connectivity index (χ2v) is 11.7. The summed E-state index contributed by atoms with van der Waals surface area (Å²) in [6.45, 7) is 2.03. The van der Waals surface area contributed by atoms with E-state index in [9.17, 15) is 13.2 Å². The van der Waals surface area contributed by atoms with E-state index < -0.39 is 15.9 Å². The molecule has 1 atom stereocenters. The highest BCUT2D eigenvalue weighted by molar-refractivity contribution is 7.91. The Labute approximate surface area is 209 Å². The highest BCUT2D eigenvalue weighted by Crippen LogP contribution is 2.39. The molecule has 2 heterocycles. The lowest BCUT2D eigenvalue weighted by Gasteiger charge is -2.28. The second kappa shape index (κ2) is 10.2. The first-order valence-corrected chi connectivity index (χ1v) is 13.7. The fourth-order valence-corrected chi connectivity index (χ4v) is 6.95. The number of carbonyl (C=O) groups is 1. The molecule has 1 aliphatic rings. The van der Waals surface area contributed by atoms with Gasteiger partial charge in [-0.1, -0.05) is 30.3 Å². The molecule has 1 amide bonds. The smallest absolute Gasteiger partial charge is 0.274 e. The minimum Gasteiger partial charge on any atom is -0.493 e. The number of sulfone groups is 1. The van der Waals surface area contributed by atoms with Crippen LogP contribution in [0.15, 0.2) is 42.5 Å². The number of hydrogen-bond acceptors (Lipinski definition) is 8. The Kier molecular flexibility index (Phi) is 7.32. The Bertz CT molecular complexity index is 1300. The van der Waals surface area contributed by atoms with E-state index in [2.05, 4.69) is 4.98 Å². The summed E-state index contributed by atoms with van der Waals surface area (Å²) in [6.07, 6.45) is 0.377.